The SMILES string of the molecule is NCc1ccc(OCc2cccc(F)c2F)c([N+](=O)[O-])c1. The van der Waals surface area contributed by atoms with Crippen LogP contribution in [0.15, 0.2) is 36.4 Å². The molecule has 0 radical (unpaired) electrons. The van der Waals surface area contributed by atoms with Crippen molar-refractivity contribution < 1.29 is 18.4 Å². The predicted octanol–water partition coefficient (Wildman–Crippen LogP) is 2.91. The lowest BCUT2D eigenvalue weighted by Crippen LogP contribution is -2.04. The zero-order valence-electron chi connectivity index (χ0n) is 10.9. The summed E-state index contributed by atoms with van der Waals surface area (Å²) in [5.74, 6) is -2.05. The summed E-state index contributed by atoms with van der Waals surface area (Å²) in [4.78, 5) is 10.4. The average Bonchev–Trinajstić information content (AvgIpc) is 2.48. The van der Waals surface area contributed by atoms with Crippen molar-refractivity contribution in [1.29, 1.82) is 0 Å². The lowest BCUT2D eigenvalue weighted by atomic mass is 10.2. The van der Waals surface area contributed by atoms with Gasteiger partial charge in [-0.25, -0.2) is 8.78 Å². The molecule has 0 amide bonds. The quantitative estimate of drug-likeness (QED) is 0.679. The molecule has 0 bridgehead atoms. The summed E-state index contributed by atoms with van der Waals surface area (Å²) in [6, 6.07) is 7.91. The van der Waals surface area contributed by atoms with Gasteiger partial charge in [0.15, 0.2) is 17.4 Å². The van der Waals surface area contributed by atoms with E-state index in [9.17, 15) is 18.9 Å². The highest BCUT2D eigenvalue weighted by atomic mass is 19.2. The molecule has 0 saturated heterocycles. The Kier molecular flexibility index (Phi) is 4.44. The number of rotatable bonds is 5. The molecule has 0 atom stereocenters. The average molecular weight is 294 g/mol. The Bertz CT molecular complexity index is 677. The second kappa shape index (κ2) is 6.27. The minimum absolute atomic E-state index is 0.0211. The van der Waals surface area contributed by atoms with E-state index in [1.165, 1.54) is 24.3 Å². The largest absolute Gasteiger partial charge is 0.482 e. The van der Waals surface area contributed by atoms with Crippen molar-refractivity contribution in [3.63, 3.8) is 0 Å². The maximum atomic E-state index is 13.5. The first-order chi connectivity index (χ1) is 10.0. The fourth-order valence-electron chi connectivity index (χ4n) is 1.77. The van der Waals surface area contributed by atoms with Crippen molar-refractivity contribution in [3.8, 4) is 5.75 Å². The van der Waals surface area contributed by atoms with Gasteiger partial charge in [0.1, 0.15) is 6.61 Å². The number of hydrogen-bond donors (Lipinski definition) is 1. The van der Waals surface area contributed by atoms with E-state index in [1.54, 1.807) is 6.07 Å². The standard InChI is InChI=1S/C14H12F2N2O3/c15-11-3-1-2-10(14(11)16)8-21-13-5-4-9(7-17)6-12(13)18(19)20/h1-6H,7-8,17H2. The van der Waals surface area contributed by atoms with Crippen LogP contribution in [0.1, 0.15) is 11.1 Å². The minimum Gasteiger partial charge on any atom is -0.482 e. The molecule has 0 aliphatic heterocycles. The van der Waals surface area contributed by atoms with Gasteiger partial charge in [-0.2, -0.15) is 0 Å². The van der Waals surface area contributed by atoms with Crippen molar-refractivity contribution in [2.24, 2.45) is 5.73 Å². The van der Waals surface area contributed by atoms with E-state index in [0.29, 0.717) is 5.56 Å². The highest BCUT2D eigenvalue weighted by molar-refractivity contribution is 5.48. The Morgan fingerprint density at radius 1 is 1.24 bits per heavy atom. The van der Waals surface area contributed by atoms with Gasteiger partial charge in [-0.1, -0.05) is 18.2 Å². The van der Waals surface area contributed by atoms with Crippen LogP contribution in [0.4, 0.5) is 14.5 Å². The third-order valence-electron chi connectivity index (χ3n) is 2.87. The van der Waals surface area contributed by atoms with Crippen molar-refractivity contribution in [1.82, 2.24) is 0 Å². The Labute approximate surface area is 119 Å². The van der Waals surface area contributed by atoms with E-state index < -0.39 is 16.6 Å². The second-order valence-electron chi connectivity index (χ2n) is 4.26. The van der Waals surface area contributed by atoms with Crippen LogP contribution in [0, 0.1) is 21.7 Å². The molecule has 0 spiro atoms. The molecule has 0 unspecified atom stereocenters. The van der Waals surface area contributed by atoms with Gasteiger partial charge in [-0.05, 0) is 17.7 Å². The number of benzene rings is 2. The molecular formula is C14H12F2N2O3. The topological polar surface area (TPSA) is 78.4 Å². The first kappa shape index (κ1) is 14.9. The molecule has 21 heavy (non-hydrogen) atoms. The fourth-order valence-corrected chi connectivity index (χ4v) is 1.77. The monoisotopic (exact) mass is 294 g/mol. The normalized spacial score (nSPS) is 10.4. The van der Waals surface area contributed by atoms with Crippen LogP contribution < -0.4 is 10.5 Å². The number of hydrogen-bond acceptors (Lipinski definition) is 4. The molecule has 2 N–H and O–H groups in total. The Balaban J connectivity index is 2.23. The molecule has 5 nitrogen and oxygen atoms in total. The van der Waals surface area contributed by atoms with Crippen LogP contribution in [0.5, 0.6) is 5.75 Å². The summed E-state index contributed by atoms with van der Waals surface area (Å²) in [5, 5.41) is 11.0. The summed E-state index contributed by atoms with van der Waals surface area (Å²) in [7, 11) is 0. The van der Waals surface area contributed by atoms with Crippen molar-refractivity contribution in [3.05, 3.63) is 69.3 Å². The van der Waals surface area contributed by atoms with Gasteiger partial charge in [0.25, 0.3) is 0 Å². The summed E-state index contributed by atoms with van der Waals surface area (Å²) in [5.41, 5.74) is 5.70. The smallest absolute Gasteiger partial charge is 0.311 e. The molecule has 0 heterocycles. The maximum absolute atomic E-state index is 13.5. The van der Waals surface area contributed by atoms with E-state index in [2.05, 4.69) is 0 Å². The number of nitro benzene ring substituents is 1. The molecule has 2 aromatic rings. The molecule has 0 saturated carbocycles. The van der Waals surface area contributed by atoms with Crippen LogP contribution in [-0.4, -0.2) is 4.92 Å². The van der Waals surface area contributed by atoms with Crippen LogP contribution >= 0.6 is 0 Å². The summed E-state index contributed by atoms with van der Waals surface area (Å²) < 4.78 is 31.8. The second-order valence-corrected chi connectivity index (χ2v) is 4.26. The van der Waals surface area contributed by atoms with Crippen molar-refractivity contribution >= 4 is 5.69 Å². The molecule has 110 valence electrons. The summed E-state index contributed by atoms with van der Waals surface area (Å²) in [6.45, 7) is -0.161. The summed E-state index contributed by atoms with van der Waals surface area (Å²) >= 11 is 0. The lowest BCUT2D eigenvalue weighted by Gasteiger charge is -2.09. The molecule has 2 rings (SSSR count). The Hall–Kier alpha value is -2.54. The molecular weight excluding hydrogens is 282 g/mol. The van der Waals surface area contributed by atoms with Gasteiger partial charge in [-0.15, -0.1) is 0 Å². The Morgan fingerprint density at radius 2 is 2.00 bits per heavy atom. The van der Waals surface area contributed by atoms with Gasteiger partial charge < -0.3 is 10.5 Å². The Morgan fingerprint density at radius 3 is 2.67 bits per heavy atom. The molecule has 0 fully saturated rings. The highest BCUT2D eigenvalue weighted by Gasteiger charge is 2.17. The van der Waals surface area contributed by atoms with E-state index in [-0.39, 0.29) is 30.2 Å². The third kappa shape index (κ3) is 3.32. The van der Waals surface area contributed by atoms with Gasteiger partial charge in [0, 0.05) is 18.2 Å². The zero-order chi connectivity index (χ0) is 15.4. The number of nitrogens with zero attached hydrogens (tertiary/aromatic N) is 1. The van der Waals surface area contributed by atoms with E-state index in [1.807, 2.05) is 0 Å². The lowest BCUT2D eigenvalue weighted by molar-refractivity contribution is -0.386. The molecule has 2 aromatic carbocycles. The molecule has 0 aliphatic carbocycles. The molecule has 0 aromatic heterocycles. The van der Waals surface area contributed by atoms with E-state index in [0.717, 1.165) is 6.07 Å². The number of nitrogens with two attached hydrogens (primary N) is 1. The van der Waals surface area contributed by atoms with Gasteiger partial charge >= 0.3 is 5.69 Å². The van der Waals surface area contributed by atoms with Gasteiger partial charge in [0.2, 0.25) is 0 Å². The van der Waals surface area contributed by atoms with Gasteiger partial charge in [-0.3, -0.25) is 10.1 Å². The van der Waals surface area contributed by atoms with Crippen molar-refractivity contribution in [2.45, 2.75) is 13.2 Å². The van der Waals surface area contributed by atoms with Crippen LogP contribution in [-0.2, 0) is 13.2 Å². The van der Waals surface area contributed by atoms with E-state index in [4.69, 9.17) is 10.5 Å². The summed E-state index contributed by atoms with van der Waals surface area (Å²) in [6.07, 6.45) is 0. The highest BCUT2D eigenvalue weighted by Crippen LogP contribution is 2.29. The minimum atomic E-state index is -1.03. The number of halogens is 2. The fraction of sp³-hybridized carbons (Fsp3) is 0.143. The van der Waals surface area contributed by atoms with Crippen LogP contribution in [0.3, 0.4) is 0 Å². The molecule has 0 aliphatic rings. The third-order valence-corrected chi connectivity index (χ3v) is 2.87. The van der Waals surface area contributed by atoms with Crippen LogP contribution in [0.25, 0.3) is 0 Å². The maximum Gasteiger partial charge on any atom is 0.311 e. The predicted molar refractivity (Wildman–Crippen MR) is 71.7 cm³/mol. The number of nitro groups is 1. The van der Waals surface area contributed by atoms with E-state index >= 15 is 0 Å². The zero-order valence-corrected chi connectivity index (χ0v) is 10.9. The van der Waals surface area contributed by atoms with Crippen LogP contribution in [0.2, 0.25) is 0 Å². The van der Waals surface area contributed by atoms with Gasteiger partial charge in [0.05, 0.1) is 4.92 Å². The first-order valence-electron chi connectivity index (χ1n) is 6.06. The first-order valence-corrected chi connectivity index (χ1v) is 6.06. The molecule has 7 heteroatoms. The number of ether oxygens (including phenoxy) is 1. The van der Waals surface area contributed by atoms with Crippen molar-refractivity contribution in [2.75, 3.05) is 0 Å².